The summed E-state index contributed by atoms with van der Waals surface area (Å²) in [7, 11) is 0. The van der Waals surface area contributed by atoms with E-state index < -0.39 is 0 Å². The van der Waals surface area contributed by atoms with E-state index in [1.54, 1.807) is 12.1 Å². The second kappa shape index (κ2) is 6.55. The van der Waals surface area contributed by atoms with E-state index in [4.69, 9.17) is 9.97 Å². The molecule has 0 saturated carbocycles. The number of aryl methyl sites for hydroxylation is 1. The summed E-state index contributed by atoms with van der Waals surface area (Å²) in [6.07, 6.45) is 0. The molecule has 6 heteroatoms. The molecule has 130 valence electrons. The van der Waals surface area contributed by atoms with E-state index >= 15 is 0 Å². The number of rotatable bonds is 4. The molecule has 0 spiro atoms. The van der Waals surface area contributed by atoms with Crippen LogP contribution in [0.25, 0.3) is 10.9 Å². The zero-order chi connectivity index (χ0) is 18.1. The summed E-state index contributed by atoms with van der Waals surface area (Å²) in [5.74, 6) is 1.75. The first-order chi connectivity index (χ1) is 12.6. The second-order valence-corrected chi connectivity index (χ2v) is 6.28. The molecule has 26 heavy (non-hydrogen) atoms. The topological polar surface area (TPSA) is 66.5 Å². The van der Waals surface area contributed by atoms with E-state index in [0.717, 1.165) is 22.2 Å². The van der Waals surface area contributed by atoms with Crippen molar-refractivity contribution in [1.82, 2.24) is 20.2 Å². The maximum Gasteiger partial charge on any atom is 0.153 e. The van der Waals surface area contributed by atoms with Crippen molar-refractivity contribution in [3.05, 3.63) is 77.5 Å². The Morgan fingerprint density at radius 3 is 2.54 bits per heavy atom. The van der Waals surface area contributed by atoms with E-state index in [9.17, 15) is 4.39 Å². The van der Waals surface area contributed by atoms with Gasteiger partial charge in [0.2, 0.25) is 0 Å². The third-order valence-corrected chi connectivity index (χ3v) is 4.33. The number of aromatic nitrogens is 4. The van der Waals surface area contributed by atoms with Crippen LogP contribution in [-0.4, -0.2) is 20.2 Å². The van der Waals surface area contributed by atoms with Gasteiger partial charge in [-0.25, -0.2) is 14.4 Å². The maximum absolute atomic E-state index is 13.2. The van der Waals surface area contributed by atoms with Crippen molar-refractivity contribution in [2.24, 2.45) is 0 Å². The fraction of sp³-hybridized carbons (Fsp3) is 0.150. The normalized spacial score (nSPS) is 12.3. The van der Waals surface area contributed by atoms with Crippen molar-refractivity contribution in [2.75, 3.05) is 5.32 Å². The molecule has 0 radical (unpaired) electrons. The predicted octanol–water partition coefficient (Wildman–Crippen LogP) is 4.70. The Morgan fingerprint density at radius 1 is 1.04 bits per heavy atom. The van der Waals surface area contributed by atoms with Gasteiger partial charge >= 0.3 is 0 Å². The summed E-state index contributed by atoms with van der Waals surface area (Å²) < 4.78 is 13.2. The zero-order valence-corrected chi connectivity index (χ0v) is 14.5. The molecule has 4 aromatic rings. The lowest BCUT2D eigenvalue weighted by molar-refractivity contribution is 0.626. The minimum Gasteiger partial charge on any atom is -0.323 e. The number of aromatic amines is 1. The van der Waals surface area contributed by atoms with Gasteiger partial charge in [-0.2, -0.15) is 5.10 Å². The highest BCUT2D eigenvalue weighted by Crippen LogP contribution is 2.28. The standard InChI is InChI=1S/C20H18FN5/c1-12-11-18(26-25-12)23-20-16-5-3-4-6-17(16)22-19(24-20)13(2)14-7-9-15(21)10-8-14/h3-11,13H,1-2H3,(H2,22,23,24,25,26). The average molecular weight is 347 g/mol. The fourth-order valence-corrected chi connectivity index (χ4v) is 2.89. The van der Waals surface area contributed by atoms with Crippen molar-refractivity contribution in [3.63, 3.8) is 0 Å². The van der Waals surface area contributed by atoms with Gasteiger partial charge in [-0.3, -0.25) is 5.10 Å². The van der Waals surface area contributed by atoms with Gasteiger partial charge in [0.25, 0.3) is 0 Å². The lowest BCUT2D eigenvalue weighted by Gasteiger charge is -2.14. The molecule has 0 aliphatic heterocycles. The number of halogens is 1. The average Bonchev–Trinajstić information content (AvgIpc) is 3.06. The highest BCUT2D eigenvalue weighted by molar-refractivity contribution is 5.90. The van der Waals surface area contributed by atoms with E-state index in [-0.39, 0.29) is 11.7 Å². The first-order valence-electron chi connectivity index (χ1n) is 8.41. The van der Waals surface area contributed by atoms with Crippen molar-refractivity contribution >= 4 is 22.5 Å². The molecule has 0 amide bonds. The second-order valence-electron chi connectivity index (χ2n) is 6.28. The number of benzene rings is 2. The van der Waals surface area contributed by atoms with Crippen molar-refractivity contribution in [1.29, 1.82) is 0 Å². The summed E-state index contributed by atoms with van der Waals surface area (Å²) in [4.78, 5) is 9.44. The van der Waals surface area contributed by atoms with Crippen LogP contribution in [-0.2, 0) is 0 Å². The number of nitrogens with zero attached hydrogens (tertiary/aromatic N) is 3. The minimum absolute atomic E-state index is 0.0679. The van der Waals surface area contributed by atoms with Crippen LogP contribution in [0.15, 0.2) is 54.6 Å². The summed E-state index contributed by atoms with van der Waals surface area (Å²) >= 11 is 0. The molecule has 2 N–H and O–H groups in total. The Kier molecular flexibility index (Phi) is 4.08. The highest BCUT2D eigenvalue weighted by Gasteiger charge is 2.16. The first-order valence-corrected chi connectivity index (χ1v) is 8.41. The van der Waals surface area contributed by atoms with Crippen molar-refractivity contribution in [2.45, 2.75) is 19.8 Å². The number of hydrogen-bond donors (Lipinski definition) is 2. The van der Waals surface area contributed by atoms with Crippen molar-refractivity contribution in [3.8, 4) is 0 Å². The quantitative estimate of drug-likeness (QED) is 0.562. The molecule has 0 aliphatic rings. The minimum atomic E-state index is -0.253. The Labute approximate surface area is 150 Å². The van der Waals surface area contributed by atoms with Crippen LogP contribution >= 0.6 is 0 Å². The molecule has 2 aromatic carbocycles. The number of anilines is 2. The van der Waals surface area contributed by atoms with Gasteiger partial charge in [-0.1, -0.05) is 31.2 Å². The molecule has 5 nitrogen and oxygen atoms in total. The van der Waals surface area contributed by atoms with Gasteiger partial charge in [-0.05, 0) is 36.8 Å². The molecular weight excluding hydrogens is 329 g/mol. The molecule has 0 aliphatic carbocycles. The van der Waals surface area contributed by atoms with Crippen LogP contribution in [0.2, 0.25) is 0 Å². The van der Waals surface area contributed by atoms with Gasteiger partial charge in [-0.15, -0.1) is 0 Å². The van der Waals surface area contributed by atoms with Crippen LogP contribution in [0.5, 0.6) is 0 Å². The Morgan fingerprint density at radius 2 is 1.81 bits per heavy atom. The van der Waals surface area contributed by atoms with Gasteiger partial charge in [0.05, 0.1) is 5.52 Å². The molecule has 1 unspecified atom stereocenters. The summed E-state index contributed by atoms with van der Waals surface area (Å²) in [6, 6.07) is 16.2. The number of nitrogens with one attached hydrogen (secondary N) is 2. The van der Waals surface area contributed by atoms with E-state index in [1.165, 1.54) is 12.1 Å². The van der Waals surface area contributed by atoms with Crippen LogP contribution < -0.4 is 5.32 Å². The third kappa shape index (κ3) is 3.13. The first kappa shape index (κ1) is 16.2. The lowest BCUT2D eigenvalue weighted by atomic mass is 10.00. The zero-order valence-electron chi connectivity index (χ0n) is 14.5. The summed E-state index contributed by atoms with van der Waals surface area (Å²) in [6.45, 7) is 3.96. The number of para-hydroxylation sites is 1. The lowest BCUT2D eigenvalue weighted by Crippen LogP contribution is -2.06. The Bertz CT molecular complexity index is 1060. The highest BCUT2D eigenvalue weighted by atomic mass is 19.1. The molecule has 1 atom stereocenters. The molecule has 0 bridgehead atoms. The monoisotopic (exact) mass is 347 g/mol. The number of H-pyrrole nitrogens is 1. The van der Waals surface area contributed by atoms with Crippen LogP contribution in [0.3, 0.4) is 0 Å². The Balaban J connectivity index is 1.79. The number of hydrogen-bond acceptors (Lipinski definition) is 4. The molecule has 4 rings (SSSR count). The van der Waals surface area contributed by atoms with E-state index in [1.807, 2.05) is 44.2 Å². The van der Waals surface area contributed by atoms with Gasteiger partial charge < -0.3 is 5.32 Å². The van der Waals surface area contributed by atoms with E-state index in [0.29, 0.717) is 17.5 Å². The summed E-state index contributed by atoms with van der Waals surface area (Å²) in [5, 5.41) is 11.3. The van der Waals surface area contributed by atoms with Gasteiger partial charge in [0, 0.05) is 23.1 Å². The predicted molar refractivity (Wildman–Crippen MR) is 100 cm³/mol. The van der Waals surface area contributed by atoms with Crippen LogP contribution in [0.1, 0.15) is 29.9 Å². The molecule has 2 heterocycles. The SMILES string of the molecule is Cc1cc(Nc2nc(C(C)c3ccc(F)cc3)nc3ccccc23)n[nH]1. The largest absolute Gasteiger partial charge is 0.323 e. The van der Waals surface area contributed by atoms with Crippen LogP contribution in [0.4, 0.5) is 16.0 Å². The smallest absolute Gasteiger partial charge is 0.153 e. The van der Waals surface area contributed by atoms with Gasteiger partial charge in [0.15, 0.2) is 5.82 Å². The maximum atomic E-state index is 13.2. The molecular formula is C20H18FN5. The number of fused-ring (bicyclic) bond motifs is 1. The summed E-state index contributed by atoms with van der Waals surface area (Å²) in [5.41, 5.74) is 2.77. The molecule has 0 saturated heterocycles. The molecule has 2 aromatic heterocycles. The van der Waals surface area contributed by atoms with E-state index in [2.05, 4.69) is 15.5 Å². The Hall–Kier alpha value is -3.28. The van der Waals surface area contributed by atoms with Crippen LogP contribution in [0, 0.1) is 12.7 Å². The molecule has 0 fully saturated rings. The fourth-order valence-electron chi connectivity index (χ4n) is 2.89. The van der Waals surface area contributed by atoms with Gasteiger partial charge in [0.1, 0.15) is 17.5 Å². The van der Waals surface area contributed by atoms with Crippen molar-refractivity contribution < 1.29 is 4.39 Å². The third-order valence-electron chi connectivity index (χ3n) is 4.33.